The number of hydrogen-bond acceptors (Lipinski definition) is 4. The Kier molecular flexibility index (Phi) is 6.84. The molecular formula is C18H17ClFN3O4. The van der Waals surface area contributed by atoms with E-state index >= 15 is 0 Å². The van der Waals surface area contributed by atoms with Gasteiger partial charge in [-0.1, -0.05) is 23.7 Å². The molecule has 0 aromatic heterocycles. The minimum atomic E-state index is -0.693. The maximum absolute atomic E-state index is 12.9. The average molecular weight is 394 g/mol. The van der Waals surface area contributed by atoms with E-state index in [1.807, 2.05) is 0 Å². The van der Waals surface area contributed by atoms with E-state index in [1.54, 1.807) is 6.92 Å². The largest absolute Gasteiger partial charge is 0.350 e. The zero-order valence-corrected chi connectivity index (χ0v) is 15.2. The molecule has 7 nitrogen and oxygen atoms in total. The van der Waals surface area contributed by atoms with Gasteiger partial charge >= 0.3 is 0 Å². The number of hydrogen-bond donors (Lipinski definition) is 1. The van der Waals surface area contributed by atoms with Crippen LogP contribution in [0.2, 0.25) is 5.02 Å². The first-order chi connectivity index (χ1) is 12.8. The number of nitrogens with one attached hydrogen (secondary N) is 1. The topological polar surface area (TPSA) is 92.6 Å². The Balaban J connectivity index is 2.05. The zero-order chi connectivity index (χ0) is 20.0. The number of carbonyl (C=O) groups is 2. The van der Waals surface area contributed by atoms with Crippen molar-refractivity contribution in [1.29, 1.82) is 0 Å². The number of halogens is 2. The Labute approximate surface area is 159 Å². The van der Waals surface area contributed by atoms with E-state index in [9.17, 15) is 24.1 Å². The third kappa shape index (κ3) is 5.49. The molecule has 2 rings (SSSR count). The molecule has 2 aromatic rings. The molecule has 0 unspecified atom stereocenters. The minimum absolute atomic E-state index is 0.137. The molecule has 0 fully saturated rings. The van der Waals surface area contributed by atoms with E-state index in [0.717, 1.165) is 6.07 Å². The van der Waals surface area contributed by atoms with Gasteiger partial charge in [0.05, 0.1) is 11.5 Å². The Morgan fingerprint density at radius 3 is 2.48 bits per heavy atom. The summed E-state index contributed by atoms with van der Waals surface area (Å²) in [5.41, 5.74) is 0.141. The van der Waals surface area contributed by atoms with Crippen LogP contribution in [0.3, 0.4) is 0 Å². The maximum Gasteiger partial charge on any atom is 0.283 e. The van der Waals surface area contributed by atoms with Gasteiger partial charge in [0.1, 0.15) is 11.4 Å². The zero-order valence-electron chi connectivity index (χ0n) is 14.4. The summed E-state index contributed by atoms with van der Waals surface area (Å²) in [7, 11) is 0. The molecule has 1 N–H and O–H groups in total. The molecule has 0 saturated carbocycles. The third-order valence-corrected chi connectivity index (χ3v) is 4.03. The van der Waals surface area contributed by atoms with Gasteiger partial charge in [-0.05, 0) is 36.8 Å². The van der Waals surface area contributed by atoms with Crippen molar-refractivity contribution in [2.45, 2.75) is 13.5 Å². The van der Waals surface area contributed by atoms with Gasteiger partial charge in [-0.15, -0.1) is 0 Å². The Bertz CT molecular complexity index is 858. The summed E-state index contributed by atoms with van der Waals surface area (Å²) >= 11 is 5.76. The Morgan fingerprint density at radius 2 is 1.89 bits per heavy atom. The molecule has 0 heterocycles. The minimum Gasteiger partial charge on any atom is -0.350 e. The average Bonchev–Trinajstić information content (AvgIpc) is 2.65. The van der Waals surface area contributed by atoms with Gasteiger partial charge in [0.15, 0.2) is 0 Å². The maximum atomic E-state index is 12.9. The van der Waals surface area contributed by atoms with Gasteiger partial charge in [-0.3, -0.25) is 19.7 Å². The van der Waals surface area contributed by atoms with Crippen LogP contribution in [0.5, 0.6) is 0 Å². The van der Waals surface area contributed by atoms with Crippen molar-refractivity contribution in [3.8, 4) is 0 Å². The van der Waals surface area contributed by atoms with Crippen molar-refractivity contribution in [3.05, 3.63) is 74.5 Å². The van der Waals surface area contributed by atoms with Crippen LogP contribution in [0, 0.1) is 15.9 Å². The fourth-order valence-electron chi connectivity index (χ4n) is 2.37. The highest BCUT2D eigenvalue weighted by atomic mass is 35.5. The van der Waals surface area contributed by atoms with Crippen LogP contribution < -0.4 is 5.32 Å². The predicted molar refractivity (Wildman–Crippen MR) is 97.9 cm³/mol. The molecule has 0 radical (unpaired) electrons. The highest BCUT2D eigenvalue weighted by Gasteiger charge is 2.25. The fraction of sp³-hybridized carbons (Fsp3) is 0.222. The number of nitro groups is 1. The van der Waals surface area contributed by atoms with E-state index in [4.69, 9.17) is 11.6 Å². The van der Waals surface area contributed by atoms with Crippen LogP contribution in [0.4, 0.5) is 10.1 Å². The predicted octanol–water partition coefficient (Wildman–Crippen LogP) is 3.17. The van der Waals surface area contributed by atoms with E-state index in [-0.39, 0.29) is 36.0 Å². The monoisotopic (exact) mass is 393 g/mol. The molecular weight excluding hydrogens is 377 g/mol. The van der Waals surface area contributed by atoms with E-state index in [0.29, 0.717) is 5.56 Å². The summed E-state index contributed by atoms with van der Waals surface area (Å²) < 4.78 is 12.9. The third-order valence-electron chi connectivity index (χ3n) is 3.79. The summed E-state index contributed by atoms with van der Waals surface area (Å²) in [6, 6.07) is 9.38. The Hall–Kier alpha value is -3.00. The number of benzene rings is 2. The molecule has 142 valence electrons. The van der Waals surface area contributed by atoms with Crippen LogP contribution in [0.1, 0.15) is 22.8 Å². The lowest BCUT2D eigenvalue weighted by Gasteiger charge is -2.20. The first kappa shape index (κ1) is 20.3. The highest BCUT2D eigenvalue weighted by Crippen LogP contribution is 2.24. The first-order valence-electron chi connectivity index (χ1n) is 8.06. The van der Waals surface area contributed by atoms with Crippen molar-refractivity contribution < 1.29 is 18.9 Å². The lowest BCUT2D eigenvalue weighted by Crippen LogP contribution is -2.40. The van der Waals surface area contributed by atoms with Crippen LogP contribution in [0.15, 0.2) is 42.5 Å². The molecule has 0 spiro atoms. The van der Waals surface area contributed by atoms with Crippen LogP contribution in [-0.2, 0) is 11.3 Å². The number of nitro benzene ring substituents is 1. The Morgan fingerprint density at radius 1 is 1.22 bits per heavy atom. The van der Waals surface area contributed by atoms with Gasteiger partial charge in [-0.2, -0.15) is 0 Å². The summed E-state index contributed by atoms with van der Waals surface area (Å²) in [5, 5.41) is 13.9. The van der Waals surface area contributed by atoms with Crippen LogP contribution in [0.25, 0.3) is 0 Å². The second-order valence-electron chi connectivity index (χ2n) is 5.64. The molecule has 9 heteroatoms. The molecule has 2 amide bonds. The van der Waals surface area contributed by atoms with Crippen molar-refractivity contribution in [2.24, 2.45) is 0 Å². The molecule has 0 saturated heterocycles. The molecule has 0 bridgehead atoms. The highest BCUT2D eigenvalue weighted by molar-refractivity contribution is 6.31. The second-order valence-corrected chi connectivity index (χ2v) is 6.08. The molecule has 0 aliphatic carbocycles. The van der Waals surface area contributed by atoms with Crippen molar-refractivity contribution in [3.63, 3.8) is 0 Å². The van der Waals surface area contributed by atoms with E-state index < -0.39 is 22.4 Å². The van der Waals surface area contributed by atoms with Gasteiger partial charge < -0.3 is 10.2 Å². The summed E-state index contributed by atoms with van der Waals surface area (Å²) in [6.45, 7) is 1.75. The molecule has 0 atom stereocenters. The quantitative estimate of drug-likeness (QED) is 0.577. The lowest BCUT2D eigenvalue weighted by molar-refractivity contribution is -0.385. The standard InChI is InChI=1S/C18H17ClFN3O4/c1-2-22(11-17(24)21-10-12-3-6-14(20)7-4-12)18(25)15-8-5-13(19)9-16(15)23(26)27/h3-9H,2,10-11H2,1H3,(H,21,24). The van der Waals surface area contributed by atoms with Crippen molar-refractivity contribution >= 4 is 29.1 Å². The number of rotatable bonds is 7. The second kappa shape index (κ2) is 9.09. The lowest BCUT2D eigenvalue weighted by atomic mass is 10.1. The van der Waals surface area contributed by atoms with Gasteiger partial charge in [0.25, 0.3) is 11.6 Å². The number of likely N-dealkylation sites (N-methyl/N-ethyl adjacent to an activating group) is 1. The SMILES string of the molecule is CCN(CC(=O)NCc1ccc(F)cc1)C(=O)c1ccc(Cl)cc1[N+](=O)[O-]. The molecule has 2 aromatic carbocycles. The number of nitrogens with zero attached hydrogens (tertiary/aromatic N) is 2. The summed E-state index contributed by atoms with van der Waals surface area (Å²) in [6.07, 6.45) is 0. The van der Waals surface area contributed by atoms with Gasteiger partial charge in [-0.25, -0.2) is 4.39 Å². The van der Waals surface area contributed by atoms with Crippen LogP contribution in [-0.4, -0.2) is 34.7 Å². The van der Waals surface area contributed by atoms with Gasteiger partial charge in [0.2, 0.25) is 5.91 Å². The number of carbonyl (C=O) groups excluding carboxylic acids is 2. The summed E-state index contributed by atoms with van der Waals surface area (Å²) in [5.74, 6) is -1.46. The molecule has 27 heavy (non-hydrogen) atoms. The smallest absolute Gasteiger partial charge is 0.283 e. The molecule has 0 aliphatic heterocycles. The normalized spacial score (nSPS) is 10.3. The summed E-state index contributed by atoms with van der Waals surface area (Å²) in [4.78, 5) is 36.4. The number of amides is 2. The van der Waals surface area contributed by atoms with E-state index in [2.05, 4.69) is 5.32 Å². The first-order valence-corrected chi connectivity index (χ1v) is 8.44. The fourth-order valence-corrected chi connectivity index (χ4v) is 2.53. The van der Waals surface area contributed by atoms with Crippen molar-refractivity contribution in [2.75, 3.05) is 13.1 Å². The van der Waals surface area contributed by atoms with E-state index in [1.165, 1.54) is 41.3 Å². The van der Waals surface area contributed by atoms with Crippen molar-refractivity contribution in [1.82, 2.24) is 10.2 Å². The van der Waals surface area contributed by atoms with Gasteiger partial charge in [0, 0.05) is 24.2 Å². The van der Waals surface area contributed by atoms with Crippen LogP contribution >= 0.6 is 11.6 Å². The molecule has 0 aliphatic rings.